The summed E-state index contributed by atoms with van der Waals surface area (Å²) in [7, 11) is 1.91. The highest BCUT2D eigenvalue weighted by molar-refractivity contribution is 6.35. The molecule has 4 nitrogen and oxygen atoms in total. The highest BCUT2D eigenvalue weighted by atomic mass is 35.5. The van der Waals surface area contributed by atoms with Crippen LogP contribution < -0.4 is 5.32 Å². The van der Waals surface area contributed by atoms with E-state index in [1.54, 1.807) is 10.9 Å². The second kappa shape index (κ2) is 5.13. The van der Waals surface area contributed by atoms with Crippen molar-refractivity contribution in [3.8, 4) is 0 Å². The summed E-state index contributed by atoms with van der Waals surface area (Å²) in [4.78, 5) is 4.43. The Balaban J connectivity index is 1.97. The topological polar surface area (TPSA) is 42.7 Å². The second-order valence-electron chi connectivity index (χ2n) is 4.81. The van der Waals surface area contributed by atoms with Crippen molar-refractivity contribution in [2.24, 2.45) is 7.05 Å². The fraction of sp³-hybridized carbons (Fsp3) is 0.200. The number of rotatable bonds is 3. The number of fused-ring (bicyclic) bond motifs is 1. The summed E-state index contributed by atoms with van der Waals surface area (Å²) in [6.07, 6.45) is 5.64. The summed E-state index contributed by atoms with van der Waals surface area (Å²) in [5.41, 5.74) is 2.99. The van der Waals surface area contributed by atoms with E-state index in [1.807, 2.05) is 43.7 Å². The highest BCUT2D eigenvalue weighted by Crippen LogP contribution is 2.30. The smallest absolute Gasteiger partial charge is 0.0948 e. The number of pyridine rings is 1. The minimum Gasteiger partial charge on any atom is -0.377 e. The van der Waals surface area contributed by atoms with E-state index in [2.05, 4.69) is 22.3 Å². The molecule has 102 valence electrons. The van der Waals surface area contributed by atoms with Gasteiger partial charge in [0.25, 0.3) is 0 Å². The Bertz CT molecular complexity index is 750. The van der Waals surface area contributed by atoms with Crippen LogP contribution in [0.5, 0.6) is 0 Å². The SMILES string of the molecule is CC(Nc1ccc(Cl)c2cccnc12)c1cnn(C)c1. The summed E-state index contributed by atoms with van der Waals surface area (Å²) < 4.78 is 1.80. The van der Waals surface area contributed by atoms with E-state index >= 15 is 0 Å². The largest absolute Gasteiger partial charge is 0.377 e. The molecule has 3 rings (SSSR count). The summed E-state index contributed by atoms with van der Waals surface area (Å²) >= 11 is 6.20. The van der Waals surface area contributed by atoms with E-state index in [9.17, 15) is 0 Å². The number of anilines is 1. The number of nitrogens with one attached hydrogen (secondary N) is 1. The lowest BCUT2D eigenvalue weighted by atomic mass is 10.1. The first-order valence-corrected chi connectivity index (χ1v) is 6.81. The van der Waals surface area contributed by atoms with Gasteiger partial charge >= 0.3 is 0 Å². The van der Waals surface area contributed by atoms with Crippen LogP contribution >= 0.6 is 11.6 Å². The quantitative estimate of drug-likeness (QED) is 0.796. The third kappa shape index (κ3) is 2.34. The Labute approximate surface area is 122 Å². The van der Waals surface area contributed by atoms with Crippen LogP contribution in [0.15, 0.2) is 42.9 Å². The van der Waals surface area contributed by atoms with Crippen molar-refractivity contribution in [1.82, 2.24) is 14.8 Å². The molecule has 0 amide bonds. The molecule has 1 N–H and O–H groups in total. The number of benzene rings is 1. The fourth-order valence-corrected chi connectivity index (χ4v) is 2.45. The predicted octanol–water partition coefficient (Wildman–Crippen LogP) is 3.79. The van der Waals surface area contributed by atoms with Gasteiger partial charge in [0, 0.05) is 30.4 Å². The Morgan fingerprint density at radius 2 is 2.15 bits per heavy atom. The molecular formula is C15H15ClN4. The Morgan fingerprint density at radius 1 is 1.30 bits per heavy atom. The van der Waals surface area contributed by atoms with Crippen LogP contribution in [0, 0.1) is 0 Å². The molecule has 2 aromatic heterocycles. The average Bonchev–Trinajstić information content (AvgIpc) is 2.89. The maximum Gasteiger partial charge on any atom is 0.0948 e. The molecule has 0 saturated heterocycles. The van der Waals surface area contributed by atoms with Crippen molar-refractivity contribution >= 4 is 28.2 Å². The molecule has 1 unspecified atom stereocenters. The van der Waals surface area contributed by atoms with Crippen LogP contribution in [0.3, 0.4) is 0 Å². The van der Waals surface area contributed by atoms with Crippen molar-refractivity contribution in [3.05, 3.63) is 53.4 Å². The molecule has 0 fully saturated rings. The lowest BCUT2D eigenvalue weighted by molar-refractivity contribution is 0.765. The van der Waals surface area contributed by atoms with Gasteiger partial charge in [-0.2, -0.15) is 5.10 Å². The minimum atomic E-state index is 0.148. The molecule has 0 spiro atoms. The van der Waals surface area contributed by atoms with Crippen LogP contribution in [-0.2, 0) is 7.05 Å². The Morgan fingerprint density at radius 3 is 2.90 bits per heavy atom. The van der Waals surface area contributed by atoms with E-state index in [0.29, 0.717) is 5.02 Å². The first-order valence-electron chi connectivity index (χ1n) is 6.43. The van der Waals surface area contributed by atoms with Gasteiger partial charge in [-0.15, -0.1) is 0 Å². The summed E-state index contributed by atoms with van der Waals surface area (Å²) in [6.45, 7) is 2.10. The number of hydrogen-bond donors (Lipinski definition) is 1. The van der Waals surface area contributed by atoms with Gasteiger partial charge in [0.15, 0.2) is 0 Å². The van der Waals surface area contributed by atoms with Crippen molar-refractivity contribution in [1.29, 1.82) is 0 Å². The van der Waals surface area contributed by atoms with Gasteiger partial charge in [0.05, 0.1) is 28.5 Å². The fourth-order valence-electron chi connectivity index (χ4n) is 2.23. The molecule has 0 aliphatic carbocycles. The van der Waals surface area contributed by atoms with E-state index in [-0.39, 0.29) is 6.04 Å². The zero-order valence-electron chi connectivity index (χ0n) is 11.3. The van der Waals surface area contributed by atoms with Gasteiger partial charge in [-0.1, -0.05) is 11.6 Å². The van der Waals surface area contributed by atoms with E-state index < -0.39 is 0 Å². The zero-order chi connectivity index (χ0) is 14.1. The summed E-state index contributed by atoms with van der Waals surface area (Å²) in [6, 6.07) is 7.87. The average molecular weight is 287 g/mol. The van der Waals surface area contributed by atoms with Crippen molar-refractivity contribution in [2.45, 2.75) is 13.0 Å². The maximum atomic E-state index is 6.20. The molecule has 0 bridgehead atoms. The molecule has 1 aromatic carbocycles. The van der Waals surface area contributed by atoms with Crippen molar-refractivity contribution < 1.29 is 0 Å². The third-order valence-electron chi connectivity index (χ3n) is 3.31. The van der Waals surface area contributed by atoms with Gasteiger partial charge in [0.1, 0.15) is 0 Å². The molecule has 0 radical (unpaired) electrons. The summed E-state index contributed by atoms with van der Waals surface area (Å²) in [5, 5.41) is 9.33. The highest BCUT2D eigenvalue weighted by Gasteiger charge is 2.11. The van der Waals surface area contributed by atoms with Gasteiger partial charge in [-0.05, 0) is 31.2 Å². The normalized spacial score (nSPS) is 12.6. The van der Waals surface area contributed by atoms with Gasteiger partial charge in [-0.25, -0.2) is 0 Å². The molecule has 0 saturated carbocycles. The predicted molar refractivity (Wildman–Crippen MR) is 82.0 cm³/mol. The molecular weight excluding hydrogens is 272 g/mol. The molecule has 2 heterocycles. The molecule has 1 atom stereocenters. The van der Waals surface area contributed by atoms with Gasteiger partial charge in [0.2, 0.25) is 0 Å². The molecule has 20 heavy (non-hydrogen) atoms. The number of hydrogen-bond acceptors (Lipinski definition) is 3. The first kappa shape index (κ1) is 12.9. The number of aromatic nitrogens is 3. The molecule has 0 aliphatic heterocycles. The van der Waals surface area contributed by atoms with Crippen molar-refractivity contribution in [2.75, 3.05) is 5.32 Å². The molecule has 0 aliphatic rings. The zero-order valence-corrected chi connectivity index (χ0v) is 12.1. The number of halogens is 1. The second-order valence-corrected chi connectivity index (χ2v) is 5.22. The number of aryl methyl sites for hydroxylation is 1. The third-order valence-corrected chi connectivity index (χ3v) is 3.64. The lowest BCUT2D eigenvalue weighted by Gasteiger charge is -2.15. The van der Waals surface area contributed by atoms with Crippen LogP contribution in [0.4, 0.5) is 5.69 Å². The summed E-state index contributed by atoms with van der Waals surface area (Å²) in [5.74, 6) is 0. The lowest BCUT2D eigenvalue weighted by Crippen LogP contribution is -2.06. The van der Waals surface area contributed by atoms with Gasteiger partial charge < -0.3 is 5.32 Å². The van der Waals surface area contributed by atoms with Crippen molar-refractivity contribution in [3.63, 3.8) is 0 Å². The van der Waals surface area contributed by atoms with Gasteiger partial charge in [-0.3, -0.25) is 9.67 Å². The van der Waals surface area contributed by atoms with Crippen LogP contribution in [-0.4, -0.2) is 14.8 Å². The molecule has 3 aromatic rings. The first-order chi connectivity index (χ1) is 9.65. The van der Waals surface area contributed by atoms with Crippen LogP contribution in [0.2, 0.25) is 5.02 Å². The minimum absolute atomic E-state index is 0.148. The van der Waals surface area contributed by atoms with E-state index in [0.717, 1.165) is 22.2 Å². The maximum absolute atomic E-state index is 6.20. The Hall–Kier alpha value is -2.07. The van der Waals surface area contributed by atoms with E-state index in [1.165, 1.54) is 0 Å². The monoisotopic (exact) mass is 286 g/mol. The molecule has 5 heteroatoms. The Kier molecular flexibility index (Phi) is 3.32. The van der Waals surface area contributed by atoms with Crippen LogP contribution in [0.25, 0.3) is 10.9 Å². The standard InChI is InChI=1S/C15H15ClN4/c1-10(11-8-18-20(2)9-11)19-14-6-5-13(16)12-4-3-7-17-15(12)14/h3-10,19H,1-2H3. The number of nitrogens with zero attached hydrogens (tertiary/aromatic N) is 3. The van der Waals surface area contributed by atoms with E-state index in [4.69, 9.17) is 11.6 Å². The van der Waals surface area contributed by atoms with Crippen LogP contribution in [0.1, 0.15) is 18.5 Å².